The molecule has 136 valence electrons. The number of hydrogen-bond donors (Lipinski definition) is 2. The molecule has 0 aliphatic carbocycles. The molecule has 0 aliphatic rings. The van der Waals surface area contributed by atoms with Gasteiger partial charge in [0.1, 0.15) is 17.7 Å². The lowest BCUT2D eigenvalue weighted by Gasteiger charge is -2.13. The lowest BCUT2D eigenvalue weighted by Crippen LogP contribution is -2.17. The first kappa shape index (κ1) is 16.9. The maximum atomic E-state index is 12.6. The van der Waals surface area contributed by atoms with Crippen LogP contribution in [0.5, 0.6) is 0 Å². The van der Waals surface area contributed by atoms with E-state index in [9.17, 15) is 4.79 Å². The summed E-state index contributed by atoms with van der Waals surface area (Å²) < 4.78 is 1.60. The Balaban J connectivity index is 1.58. The van der Waals surface area contributed by atoms with Gasteiger partial charge in [-0.25, -0.2) is 15.0 Å². The number of nitrogens with one attached hydrogen (secondary N) is 2. The van der Waals surface area contributed by atoms with E-state index in [-0.39, 0.29) is 11.8 Å². The van der Waals surface area contributed by atoms with Crippen molar-refractivity contribution in [2.24, 2.45) is 0 Å². The van der Waals surface area contributed by atoms with Crippen molar-refractivity contribution in [3.05, 3.63) is 60.3 Å². The Morgan fingerprint density at radius 3 is 2.85 bits per heavy atom. The van der Waals surface area contributed by atoms with Gasteiger partial charge < -0.3 is 10.3 Å². The number of aromatic amines is 1. The van der Waals surface area contributed by atoms with Crippen LogP contribution >= 0.6 is 0 Å². The quantitative estimate of drug-likeness (QED) is 0.569. The number of hydrogen-bond acceptors (Lipinski definition) is 5. The molecule has 0 fully saturated rings. The highest BCUT2D eigenvalue weighted by atomic mass is 16.1. The summed E-state index contributed by atoms with van der Waals surface area (Å²) in [5.41, 5.74) is 3.11. The molecule has 1 aromatic carbocycles. The Bertz CT molecular complexity index is 1080. The lowest BCUT2D eigenvalue weighted by atomic mass is 9.98. The molecule has 8 heteroatoms. The molecule has 3 heterocycles. The van der Waals surface area contributed by atoms with Crippen molar-refractivity contribution in [2.45, 2.75) is 26.2 Å². The third-order valence-corrected chi connectivity index (χ3v) is 4.36. The average molecular weight is 361 g/mol. The van der Waals surface area contributed by atoms with Crippen molar-refractivity contribution in [2.75, 3.05) is 5.32 Å². The maximum absolute atomic E-state index is 12.6. The van der Waals surface area contributed by atoms with Crippen molar-refractivity contribution in [1.29, 1.82) is 0 Å². The number of rotatable bonds is 5. The Morgan fingerprint density at radius 2 is 2.04 bits per heavy atom. The second-order valence-electron chi connectivity index (χ2n) is 6.45. The van der Waals surface area contributed by atoms with E-state index >= 15 is 0 Å². The topological polar surface area (TPSA) is 101 Å². The molecule has 0 spiro atoms. The molecular weight excluding hydrogens is 342 g/mol. The number of benzene rings is 1. The fourth-order valence-corrected chi connectivity index (χ4v) is 3.03. The zero-order valence-electron chi connectivity index (χ0n) is 15.0. The van der Waals surface area contributed by atoms with Crippen molar-refractivity contribution in [3.8, 4) is 5.82 Å². The molecule has 4 aromatic rings. The highest BCUT2D eigenvalue weighted by Gasteiger charge is 2.17. The first-order valence-electron chi connectivity index (χ1n) is 8.67. The van der Waals surface area contributed by atoms with Crippen LogP contribution in [0, 0.1) is 6.92 Å². The van der Waals surface area contributed by atoms with Gasteiger partial charge in [-0.1, -0.05) is 37.3 Å². The Kier molecular flexibility index (Phi) is 4.37. The largest absolute Gasteiger partial charge is 0.340 e. The van der Waals surface area contributed by atoms with E-state index in [1.165, 1.54) is 6.33 Å². The van der Waals surface area contributed by atoms with Gasteiger partial charge in [-0.2, -0.15) is 9.78 Å². The maximum Gasteiger partial charge on any atom is 0.226 e. The molecule has 0 bridgehead atoms. The number of fused-ring (bicyclic) bond motifs is 1. The second-order valence-corrected chi connectivity index (χ2v) is 6.45. The molecular formula is C19H19N7O. The minimum Gasteiger partial charge on any atom is -0.340 e. The molecule has 1 atom stereocenters. The number of carbonyl (C=O) groups excluding carboxylic acids is 1. The molecule has 4 rings (SSSR count). The van der Waals surface area contributed by atoms with Crippen LogP contribution in [-0.2, 0) is 4.79 Å². The van der Waals surface area contributed by atoms with E-state index in [2.05, 4.69) is 30.4 Å². The summed E-state index contributed by atoms with van der Waals surface area (Å²) in [5, 5.41) is 7.42. The zero-order chi connectivity index (χ0) is 18.8. The van der Waals surface area contributed by atoms with Crippen LogP contribution in [-0.4, -0.2) is 35.6 Å². The molecule has 0 saturated heterocycles. The van der Waals surface area contributed by atoms with Gasteiger partial charge in [0, 0.05) is 12.5 Å². The third kappa shape index (κ3) is 3.41. The fourth-order valence-electron chi connectivity index (χ4n) is 3.03. The number of aromatic nitrogens is 6. The molecule has 0 saturated carbocycles. The van der Waals surface area contributed by atoms with Crippen LogP contribution in [0.25, 0.3) is 17.0 Å². The molecule has 0 radical (unpaired) electrons. The Labute approximate surface area is 155 Å². The summed E-state index contributed by atoms with van der Waals surface area (Å²) in [6.45, 7) is 3.90. The van der Waals surface area contributed by atoms with Gasteiger partial charge >= 0.3 is 0 Å². The number of imidazole rings is 1. The van der Waals surface area contributed by atoms with E-state index in [1.54, 1.807) is 11.0 Å². The van der Waals surface area contributed by atoms with Crippen LogP contribution < -0.4 is 5.32 Å². The van der Waals surface area contributed by atoms with Gasteiger partial charge in [0.15, 0.2) is 11.5 Å². The Morgan fingerprint density at radius 1 is 1.22 bits per heavy atom. The zero-order valence-corrected chi connectivity index (χ0v) is 15.0. The van der Waals surface area contributed by atoms with E-state index in [4.69, 9.17) is 0 Å². The minimum absolute atomic E-state index is 0.0811. The fraction of sp³-hybridized carbons (Fsp3) is 0.211. The third-order valence-electron chi connectivity index (χ3n) is 4.36. The normalized spacial score (nSPS) is 12.2. The van der Waals surface area contributed by atoms with Gasteiger partial charge in [-0.05, 0) is 18.4 Å². The van der Waals surface area contributed by atoms with Gasteiger partial charge in [-0.15, -0.1) is 0 Å². The number of aryl methyl sites for hydroxylation is 1. The van der Waals surface area contributed by atoms with Crippen LogP contribution in [0.15, 0.2) is 49.1 Å². The first-order chi connectivity index (χ1) is 13.1. The summed E-state index contributed by atoms with van der Waals surface area (Å²) >= 11 is 0. The highest BCUT2D eigenvalue weighted by Crippen LogP contribution is 2.22. The number of H-pyrrole nitrogens is 1. The predicted octanol–water partition coefficient (Wildman–Crippen LogP) is 2.98. The van der Waals surface area contributed by atoms with Crippen LogP contribution in [0.4, 0.5) is 5.82 Å². The van der Waals surface area contributed by atoms with Crippen LogP contribution in [0.1, 0.15) is 30.5 Å². The smallest absolute Gasteiger partial charge is 0.226 e. The predicted molar refractivity (Wildman–Crippen MR) is 102 cm³/mol. The van der Waals surface area contributed by atoms with Gasteiger partial charge in [-0.3, -0.25) is 4.79 Å². The van der Waals surface area contributed by atoms with Crippen molar-refractivity contribution >= 4 is 22.9 Å². The van der Waals surface area contributed by atoms with E-state index < -0.39 is 0 Å². The Hall–Kier alpha value is -3.55. The molecule has 1 amide bonds. The SMILES string of the molecule is Cc1cc(NC(=O)C[C@H](C)c2ccccc2)n(-c2ncnc3nc[nH]c23)n1. The number of nitrogens with zero attached hydrogens (tertiary/aromatic N) is 5. The van der Waals surface area contributed by atoms with E-state index in [0.29, 0.717) is 29.2 Å². The molecule has 27 heavy (non-hydrogen) atoms. The summed E-state index contributed by atoms with van der Waals surface area (Å²) in [7, 11) is 0. The molecule has 3 aromatic heterocycles. The highest BCUT2D eigenvalue weighted by molar-refractivity contribution is 5.91. The summed E-state index contributed by atoms with van der Waals surface area (Å²) in [6, 6.07) is 11.8. The molecule has 0 aliphatic heterocycles. The van der Waals surface area contributed by atoms with Crippen LogP contribution in [0.2, 0.25) is 0 Å². The van der Waals surface area contributed by atoms with Gasteiger partial charge in [0.05, 0.1) is 12.0 Å². The van der Waals surface area contributed by atoms with Crippen molar-refractivity contribution in [3.63, 3.8) is 0 Å². The first-order valence-corrected chi connectivity index (χ1v) is 8.67. The van der Waals surface area contributed by atoms with Gasteiger partial charge in [0.25, 0.3) is 0 Å². The summed E-state index contributed by atoms with van der Waals surface area (Å²) in [6.07, 6.45) is 3.36. The lowest BCUT2D eigenvalue weighted by molar-refractivity contribution is -0.116. The van der Waals surface area contributed by atoms with Gasteiger partial charge in [0.2, 0.25) is 5.91 Å². The molecule has 2 N–H and O–H groups in total. The van der Waals surface area contributed by atoms with E-state index in [0.717, 1.165) is 11.3 Å². The average Bonchev–Trinajstić information content (AvgIpc) is 3.28. The second kappa shape index (κ2) is 6.99. The standard InChI is InChI=1S/C19H19N7O/c1-12(14-6-4-3-5-7-14)8-16(27)24-15-9-13(2)25-26(15)19-17-18(21-10-20-17)22-11-23-19/h3-7,9-12H,8H2,1-2H3,(H,24,27)(H,20,21,22,23)/t12-/m0/s1. The monoisotopic (exact) mass is 361 g/mol. The number of amides is 1. The van der Waals surface area contributed by atoms with Crippen molar-refractivity contribution < 1.29 is 4.79 Å². The summed E-state index contributed by atoms with van der Waals surface area (Å²) in [5.74, 6) is 1.13. The minimum atomic E-state index is -0.0811. The van der Waals surface area contributed by atoms with Crippen molar-refractivity contribution in [1.82, 2.24) is 29.7 Å². The molecule has 0 unspecified atom stereocenters. The molecule has 8 nitrogen and oxygen atoms in total. The van der Waals surface area contributed by atoms with Crippen LogP contribution in [0.3, 0.4) is 0 Å². The summed E-state index contributed by atoms with van der Waals surface area (Å²) in [4.78, 5) is 28.2. The number of anilines is 1. The van der Waals surface area contributed by atoms with E-state index in [1.807, 2.05) is 50.2 Å². The number of carbonyl (C=O) groups is 1.